The van der Waals surface area contributed by atoms with Gasteiger partial charge < -0.3 is 10.0 Å². The van der Waals surface area contributed by atoms with Crippen LogP contribution in [0, 0.1) is 0 Å². The lowest BCUT2D eigenvalue weighted by atomic mass is 9.98. The molecule has 0 saturated carbocycles. The number of thioether (sulfide) groups is 1. The summed E-state index contributed by atoms with van der Waals surface area (Å²) >= 11 is 1.31. The van der Waals surface area contributed by atoms with E-state index in [9.17, 15) is 9.59 Å². The van der Waals surface area contributed by atoms with Crippen molar-refractivity contribution in [2.75, 3.05) is 5.75 Å². The van der Waals surface area contributed by atoms with Crippen LogP contribution in [-0.4, -0.2) is 39.7 Å². The first-order chi connectivity index (χ1) is 10.0. The standard InChI is InChI=1S/C16H21NO3S/c1-11-6-5-7-12(2)17(11)15(18)10-21-14-9-4-3-8-13(14)16(19)20/h3-4,8-9,11-12H,5-7,10H2,1-2H3,(H,19,20). The molecule has 1 aromatic carbocycles. The van der Waals surface area contributed by atoms with Crippen LogP contribution in [0.15, 0.2) is 29.2 Å². The number of carbonyl (C=O) groups is 2. The SMILES string of the molecule is CC1CCCC(C)N1C(=O)CSc1ccccc1C(=O)O. The van der Waals surface area contributed by atoms with Crippen molar-refractivity contribution in [2.45, 2.75) is 50.1 Å². The highest BCUT2D eigenvalue weighted by atomic mass is 32.2. The zero-order valence-corrected chi connectivity index (χ0v) is 13.2. The molecule has 4 nitrogen and oxygen atoms in total. The number of carbonyl (C=O) groups excluding carboxylic acids is 1. The van der Waals surface area contributed by atoms with Crippen LogP contribution in [0.4, 0.5) is 0 Å². The van der Waals surface area contributed by atoms with Crippen LogP contribution in [0.1, 0.15) is 43.5 Å². The Balaban J connectivity index is 2.02. The molecular weight excluding hydrogens is 286 g/mol. The minimum absolute atomic E-state index is 0.0971. The van der Waals surface area contributed by atoms with Gasteiger partial charge in [0.1, 0.15) is 0 Å². The lowest BCUT2D eigenvalue weighted by molar-refractivity contribution is -0.134. The number of piperidine rings is 1. The smallest absolute Gasteiger partial charge is 0.336 e. The molecule has 1 N–H and O–H groups in total. The Kier molecular flexibility index (Phi) is 5.28. The Morgan fingerprint density at radius 3 is 2.48 bits per heavy atom. The van der Waals surface area contributed by atoms with Gasteiger partial charge in [-0.15, -0.1) is 11.8 Å². The molecule has 0 radical (unpaired) electrons. The average molecular weight is 307 g/mol. The fraction of sp³-hybridized carbons (Fsp3) is 0.500. The molecule has 1 aliphatic heterocycles. The molecule has 114 valence electrons. The molecule has 2 unspecified atom stereocenters. The Labute approximate surface area is 129 Å². The average Bonchev–Trinajstić information content (AvgIpc) is 2.45. The van der Waals surface area contributed by atoms with Gasteiger partial charge in [-0.05, 0) is 45.2 Å². The fourth-order valence-corrected chi connectivity index (χ4v) is 3.81. The normalized spacial score (nSPS) is 22.1. The molecule has 0 aromatic heterocycles. The van der Waals surface area contributed by atoms with E-state index in [4.69, 9.17) is 5.11 Å². The number of nitrogens with zero attached hydrogens (tertiary/aromatic N) is 1. The first-order valence-corrected chi connectivity index (χ1v) is 8.25. The van der Waals surface area contributed by atoms with Crippen molar-refractivity contribution < 1.29 is 14.7 Å². The second-order valence-electron chi connectivity index (χ2n) is 5.52. The van der Waals surface area contributed by atoms with E-state index < -0.39 is 5.97 Å². The van der Waals surface area contributed by atoms with Gasteiger partial charge in [-0.1, -0.05) is 12.1 Å². The predicted octanol–water partition coefficient (Wildman–Crippen LogP) is 3.27. The first-order valence-electron chi connectivity index (χ1n) is 7.27. The molecule has 0 spiro atoms. The minimum Gasteiger partial charge on any atom is -0.478 e. The van der Waals surface area contributed by atoms with Crippen LogP contribution in [-0.2, 0) is 4.79 Å². The number of benzene rings is 1. The van der Waals surface area contributed by atoms with Crippen molar-refractivity contribution in [3.8, 4) is 0 Å². The summed E-state index contributed by atoms with van der Waals surface area (Å²) in [6.45, 7) is 4.17. The van der Waals surface area contributed by atoms with Gasteiger partial charge in [-0.25, -0.2) is 4.79 Å². The maximum atomic E-state index is 12.4. The Hall–Kier alpha value is -1.49. The molecule has 0 bridgehead atoms. The van der Waals surface area contributed by atoms with Crippen molar-refractivity contribution in [3.05, 3.63) is 29.8 Å². The maximum absolute atomic E-state index is 12.4. The van der Waals surface area contributed by atoms with E-state index in [1.54, 1.807) is 24.3 Å². The van der Waals surface area contributed by atoms with Crippen LogP contribution in [0.2, 0.25) is 0 Å². The molecule has 1 heterocycles. The highest BCUT2D eigenvalue weighted by molar-refractivity contribution is 8.00. The van der Waals surface area contributed by atoms with E-state index in [0.29, 0.717) is 10.6 Å². The van der Waals surface area contributed by atoms with Crippen molar-refractivity contribution >= 4 is 23.6 Å². The van der Waals surface area contributed by atoms with Crippen LogP contribution in [0.3, 0.4) is 0 Å². The molecule has 1 fully saturated rings. The Morgan fingerprint density at radius 1 is 1.24 bits per heavy atom. The zero-order chi connectivity index (χ0) is 15.4. The molecule has 1 aromatic rings. The number of rotatable bonds is 4. The van der Waals surface area contributed by atoms with Crippen LogP contribution < -0.4 is 0 Å². The highest BCUT2D eigenvalue weighted by Crippen LogP contribution is 2.27. The van der Waals surface area contributed by atoms with Gasteiger partial charge in [-0.3, -0.25) is 4.79 Å². The highest BCUT2D eigenvalue weighted by Gasteiger charge is 2.28. The van der Waals surface area contributed by atoms with E-state index in [2.05, 4.69) is 13.8 Å². The number of hydrogen-bond donors (Lipinski definition) is 1. The van der Waals surface area contributed by atoms with Gasteiger partial charge in [0.05, 0.1) is 11.3 Å². The Morgan fingerprint density at radius 2 is 1.86 bits per heavy atom. The summed E-state index contributed by atoms with van der Waals surface area (Å²) < 4.78 is 0. The lowest BCUT2D eigenvalue weighted by Crippen LogP contribution is -2.48. The summed E-state index contributed by atoms with van der Waals surface area (Å²) in [7, 11) is 0. The van der Waals surface area contributed by atoms with Gasteiger partial charge in [0.25, 0.3) is 0 Å². The molecule has 0 aliphatic carbocycles. The van der Waals surface area contributed by atoms with E-state index in [-0.39, 0.29) is 23.6 Å². The second-order valence-corrected chi connectivity index (χ2v) is 6.54. The number of hydrogen-bond acceptors (Lipinski definition) is 3. The van der Waals surface area contributed by atoms with E-state index in [0.717, 1.165) is 12.8 Å². The summed E-state index contributed by atoms with van der Waals surface area (Å²) in [5, 5.41) is 9.16. The third-order valence-corrected chi connectivity index (χ3v) is 5.01. The van der Waals surface area contributed by atoms with Crippen molar-refractivity contribution in [1.29, 1.82) is 0 Å². The summed E-state index contributed by atoms with van der Waals surface area (Å²) in [5.74, 6) is -0.566. The molecule has 5 heteroatoms. The molecule has 1 aliphatic rings. The largest absolute Gasteiger partial charge is 0.478 e. The number of carboxylic acids is 1. The predicted molar refractivity (Wildman–Crippen MR) is 83.7 cm³/mol. The summed E-state index contributed by atoms with van der Waals surface area (Å²) in [4.78, 5) is 26.2. The van der Waals surface area contributed by atoms with Gasteiger partial charge >= 0.3 is 5.97 Å². The van der Waals surface area contributed by atoms with Gasteiger partial charge in [0, 0.05) is 17.0 Å². The molecule has 1 amide bonds. The zero-order valence-electron chi connectivity index (χ0n) is 12.4. The topological polar surface area (TPSA) is 57.6 Å². The number of amides is 1. The van der Waals surface area contributed by atoms with E-state index >= 15 is 0 Å². The van der Waals surface area contributed by atoms with Crippen LogP contribution in [0.5, 0.6) is 0 Å². The van der Waals surface area contributed by atoms with Crippen molar-refractivity contribution in [2.24, 2.45) is 0 Å². The molecular formula is C16H21NO3S. The van der Waals surface area contributed by atoms with Crippen LogP contribution >= 0.6 is 11.8 Å². The molecule has 21 heavy (non-hydrogen) atoms. The molecule has 1 saturated heterocycles. The van der Waals surface area contributed by atoms with Gasteiger partial charge in [-0.2, -0.15) is 0 Å². The molecule has 2 atom stereocenters. The first kappa shape index (κ1) is 15.9. The minimum atomic E-state index is -0.953. The Bertz CT molecular complexity index is 522. The summed E-state index contributed by atoms with van der Waals surface area (Å²) in [6, 6.07) is 7.37. The number of aromatic carboxylic acids is 1. The quantitative estimate of drug-likeness (QED) is 0.867. The molecule has 2 rings (SSSR count). The summed E-state index contributed by atoms with van der Waals surface area (Å²) in [6.07, 6.45) is 3.26. The van der Waals surface area contributed by atoms with Crippen molar-refractivity contribution in [1.82, 2.24) is 4.90 Å². The van der Waals surface area contributed by atoms with E-state index in [1.165, 1.54) is 18.2 Å². The number of carboxylic acid groups (broad SMARTS) is 1. The third kappa shape index (κ3) is 3.79. The van der Waals surface area contributed by atoms with Crippen LogP contribution in [0.25, 0.3) is 0 Å². The van der Waals surface area contributed by atoms with Gasteiger partial charge in [0.2, 0.25) is 5.91 Å². The number of likely N-dealkylation sites (tertiary alicyclic amines) is 1. The lowest BCUT2D eigenvalue weighted by Gasteiger charge is -2.39. The van der Waals surface area contributed by atoms with Crippen molar-refractivity contribution in [3.63, 3.8) is 0 Å². The second kappa shape index (κ2) is 6.98. The maximum Gasteiger partial charge on any atom is 0.336 e. The third-order valence-electron chi connectivity index (χ3n) is 3.95. The fourth-order valence-electron chi connectivity index (χ4n) is 2.90. The summed E-state index contributed by atoms with van der Waals surface area (Å²) in [5.41, 5.74) is 0.259. The van der Waals surface area contributed by atoms with E-state index in [1.807, 2.05) is 4.90 Å². The monoisotopic (exact) mass is 307 g/mol. The van der Waals surface area contributed by atoms with Gasteiger partial charge in [0.15, 0.2) is 0 Å².